The third-order valence-electron chi connectivity index (χ3n) is 4.47. The fraction of sp³-hybridized carbons (Fsp3) is 0.200. The van der Waals surface area contributed by atoms with Gasteiger partial charge in [0, 0.05) is 17.9 Å². The number of hydrogen-bond donors (Lipinski definition) is 1. The van der Waals surface area contributed by atoms with Gasteiger partial charge in [0.05, 0.1) is 22.8 Å². The highest BCUT2D eigenvalue weighted by Crippen LogP contribution is 2.36. The molecule has 0 bridgehead atoms. The Kier molecular flexibility index (Phi) is 5.01. The monoisotopic (exact) mass is 429 g/mol. The van der Waals surface area contributed by atoms with Crippen molar-refractivity contribution < 1.29 is 17.9 Å². The number of benzene rings is 2. The van der Waals surface area contributed by atoms with Crippen molar-refractivity contribution in [1.82, 2.24) is 4.98 Å². The summed E-state index contributed by atoms with van der Waals surface area (Å²) in [5.41, 5.74) is 2.05. The molecule has 0 radical (unpaired) electrons. The van der Waals surface area contributed by atoms with Crippen LogP contribution in [-0.4, -0.2) is 32.0 Å². The molecule has 1 aromatic heterocycles. The highest BCUT2D eigenvalue weighted by molar-refractivity contribution is 7.93. The van der Waals surface area contributed by atoms with Gasteiger partial charge < -0.3 is 9.64 Å². The Labute approximate surface area is 173 Å². The van der Waals surface area contributed by atoms with Crippen LogP contribution in [0.1, 0.15) is 13.8 Å². The molecule has 7 nitrogen and oxygen atoms in total. The molecule has 150 valence electrons. The quantitative estimate of drug-likeness (QED) is 0.682. The average molecular weight is 430 g/mol. The van der Waals surface area contributed by atoms with Gasteiger partial charge in [0.2, 0.25) is 5.91 Å². The Bertz CT molecular complexity index is 1160. The predicted molar refractivity (Wildman–Crippen MR) is 113 cm³/mol. The lowest BCUT2D eigenvalue weighted by Gasteiger charge is -2.33. The van der Waals surface area contributed by atoms with Crippen molar-refractivity contribution in [2.45, 2.75) is 24.8 Å². The van der Waals surface area contributed by atoms with Gasteiger partial charge in [0.15, 0.2) is 5.13 Å². The minimum absolute atomic E-state index is 0.0390. The summed E-state index contributed by atoms with van der Waals surface area (Å²) in [5, 5.41) is 2.07. The summed E-state index contributed by atoms with van der Waals surface area (Å²) < 4.78 is 34.0. The van der Waals surface area contributed by atoms with Gasteiger partial charge in [-0.15, -0.1) is 11.3 Å². The number of aromatic nitrogens is 1. The smallest absolute Gasteiger partial charge is 0.263 e. The van der Waals surface area contributed by atoms with Crippen molar-refractivity contribution in [2.75, 3.05) is 16.2 Å². The summed E-state index contributed by atoms with van der Waals surface area (Å²) in [6.07, 6.45) is -0.168. The largest absolute Gasteiger partial charge is 0.487 e. The number of nitrogens with zero attached hydrogens (tertiary/aromatic N) is 2. The molecular formula is C20H19N3O4S2. The molecule has 9 heteroatoms. The maximum absolute atomic E-state index is 12.9. The molecule has 1 amide bonds. The number of carbonyl (C=O) groups excluding carboxylic acids is 1. The van der Waals surface area contributed by atoms with Crippen LogP contribution in [0.4, 0.5) is 10.8 Å². The van der Waals surface area contributed by atoms with E-state index in [1.165, 1.54) is 35.3 Å². The van der Waals surface area contributed by atoms with E-state index in [9.17, 15) is 13.2 Å². The van der Waals surface area contributed by atoms with Crippen LogP contribution in [0.5, 0.6) is 5.75 Å². The lowest BCUT2D eigenvalue weighted by molar-refractivity contribution is -0.117. The van der Waals surface area contributed by atoms with Crippen LogP contribution in [0.2, 0.25) is 0 Å². The zero-order chi connectivity index (χ0) is 20.6. The molecule has 0 spiro atoms. The highest BCUT2D eigenvalue weighted by atomic mass is 32.2. The maximum Gasteiger partial charge on any atom is 0.263 e. The second-order valence-electron chi connectivity index (χ2n) is 6.70. The topological polar surface area (TPSA) is 88.6 Å². The Hall–Kier alpha value is -2.91. The Morgan fingerprint density at radius 2 is 2.00 bits per heavy atom. The van der Waals surface area contributed by atoms with Crippen molar-refractivity contribution in [3.05, 3.63) is 53.9 Å². The Balaban J connectivity index is 1.62. The first kappa shape index (κ1) is 19.4. The molecule has 29 heavy (non-hydrogen) atoms. The summed E-state index contributed by atoms with van der Waals surface area (Å²) in [7, 11) is -3.87. The second kappa shape index (κ2) is 7.49. The van der Waals surface area contributed by atoms with Crippen molar-refractivity contribution in [3.8, 4) is 17.0 Å². The van der Waals surface area contributed by atoms with Gasteiger partial charge in [-0.3, -0.25) is 9.52 Å². The van der Waals surface area contributed by atoms with E-state index in [4.69, 9.17) is 4.74 Å². The molecule has 1 aliphatic heterocycles. The number of sulfonamides is 1. The van der Waals surface area contributed by atoms with E-state index >= 15 is 0 Å². The van der Waals surface area contributed by atoms with Gasteiger partial charge in [-0.25, -0.2) is 13.4 Å². The van der Waals surface area contributed by atoms with Crippen LogP contribution in [0, 0.1) is 0 Å². The molecule has 0 aliphatic carbocycles. The fourth-order valence-electron chi connectivity index (χ4n) is 3.12. The average Bonchev–Trinajstić information content (AvgIpc) is 3.15. The molecule has 2 heterocycles. The van der Waals surface area contributed by atoms with Crippen molar-refractivity contribution in [1.29, 1.82) is 0 Å². The first-order valence-corrected chi connectivity index (χ1v) is 11.3. The first-order valence-electron chi connectivity index (χ1n) is 8.96. The summed E-state index contributed by atoms with van der Waals surface area (Å²) in [5.74, 6) is 0.315. The fourth-order valence-corrected chi connectivity index (χ4v) is 5.11. The SMILES string of the molecule is CC(=O)N1CC(C)Oc2ccc(S(=O)(=O)Nc3nc(-c4ccccc4)cs3)cc21. The van der Waals surface area contributed by atoms with Crippen LogP contribution in [0.15, 0.2) is 58.8 Å². The molecule has 0 saturated carbocycles. The Morgan fingerprint density at radius 1 is 1.24 bits per heavy atom. The van der Waals surface area contributed by atoms with Crippen molar-refractivity contribution >= 4 is 38.1 Å². The van der Waals surface area contributed by atoms with Crippen LogP contribution in [0.3, 0.4) is 0 Å². The van der Waals surface area contributed by atoms with Gasteiger partial charge >= 0.3 is 0 Å². The lowest BCUT2D eigenvalue weighted by Crippen LogP contribution is -2.41. The minimum atomic E-state index is -3.87. The van der Waals surface area contributed by atoms with Gasteiger partial charge in [-0.1, -0.05) is 30.3 Å². The van der Waals surface area contributed by atoms with Crippen LogP contribution in [0.25, 0.3) is 11.3 Å². The summed E-state index contributed by atoms with van der Waals surface area (Å²) in [4.78, 5) is 17.9. The summed E-state index contributed by atoms with van der Waals surface area (Å²) >= 11 is 1.21. The van der Waals surface area contributed by atoms with Gasteiger partial charge in [0.1, 0.15) is 11.9 Å². The van der Waals surface area contributed by atoms with Crippen LogP contribution in [-0.2, 0) is 14.8 Å². The molecule has 1 N–H and O–H groups in total. The van der Waals surface area contributed by atoms with Crippen LogP contribution >= 0.6 is 11.3 Å². The van der Waals surface area contributed by atoms with E-state index < -0.39 is 10.0 Å². The standard InChI is InChI=1S/C20H19N3O4S2/c1-13-11-23(14(2)24)18-10-16(8-9-19(18)27-13)29(25,26)22-20-21-17(12-28-20)15-6-4-3-5-7-15/h3-10,12-13H,11H2,1-2H3,(H,21,22). The summed E-state index contributed by atoms with van der Waals surface area (Å²) in [6.45, 7) is 3.67. The molecule has 4 rings (SSSR count). The number of hydrogen-bond acceptors (Lipinski definition) is 6. The zero-order valence-corrected chi connectivity index (χ0v) is 17.5. The third-order valence-corrected chi connectivity index (χ3v) is 6.70. The highest BCUT2D eigenvalue weighted by Gasteiger charge is 2.28. The molecule has 1 aliphatic rings. The second-order valence-corrected chi connectivity index (χ2v) is 9.24. The number of ether oxygens (including phenoxy) is 1. The van der Waals surface area contributed by atoms with Gasteiger partial charge in [-0.05, 0) is 25.1 Å². The van der Waals surface area contributed by atoms with E-state index in [1.54, 1.807) is 11.4 Å². The third kappa shape index (κ3) is 3.96. The molecule has 1 unspecified atom stereocenters. The number of carbonyl (C=O) groups is 1. The number of rotatable bonds is 4. The lowest BCUT2D eigenvalue weighted by atomic mass is 10.2. The van der Waals surface area contributed by atoms with E-state index in [1.807, 2.05) is 37.3 Å². The van der Waals surface area contributed by atoms with E-state index in [0.717, 1.165) is 5.56 Å². The Morgan fingerprint density at radius 3 is 2.72 bits per heavy atom. The van der Waals surface area contributed by atoms with E-state index in [0.29, 0.717) is 23.7 Å². The van der Waals surface area contributed by atoms with Gasteiger partial charge in [0.25, 0.3) is 10.0 Å². The number of amides is 1. The molecule has 2 aromatic carbocycles. The molecular weight excluding hydrogens is 410 g/mol. The van der Waals surface area contributed by atoms with Crippen LogP contribution < -0.4 is 14.4 Å². The summed E-state index contributed by atoms with van der Waals surface area (Å²) in [6, 6.07) is 14.0. The maximum atomic E-state index is 12.9. The molecule has 0 fully saturated rings. The number of anilines is 2. The zero-order valence-electron chi connectivity index (χ0n) is 15.8. The van der Waals surface area contributed by atoms with Gasteiger partial charge in [-0.2, -0.15) is 0 Å². The van der Waals surface area contributed by atoms with Crippen molar-refractivity contribution in [3.63, 3.8) is 0 Å². The first-order chi connectivity index (χ1) is 13.8. The molecule has 0 saturated heterocycles. The normalized spacial score (nSPS) is 16.1. The van der Waals surface area contributed by atoms with Crippen molar-refractivity contribution in [2.24, 2.45) is 0 Å². The number of thiazole rings is 1. The predicted octanol–water partition coefficient (Wildman–Crippen LogP) is 3.74. The molecule has 3 aromatic rings. The minimum Gasteiger partial charge on any atom is -0.487 e. The number of nitrogens with one attached hydrogen (secondary N) is 1. The molecule has 1 atom stereocenters. The number of fused-ring (bicyclic) bond motifs is 1. The van der Waals surface area contributed by atoms with E-state index in [-0.39, 0.29) is 22.0 Å². The van der Waals surface area contributed by atoms with E-state index in [2.05, 4.69) is 9.71 Å².